The lowest BCUT2D eigenvalue weighted by Crippen LogP contribution is -2.30. The van der Waals surface area contributed by atoms with Crippen molar-refractivity contribution in [1.29, 1.82) is 0 Å². The van der Waals surface area contributed by atoms with Crippen LogP contribution in [-0.4, -0.2) is 16.4 Å². The van der Waals surface area contributed by atoms with Crippen LogP contribution in [-0.2, 0) is 24.7 Å². The maximum Gasteiger partial charge on any atom is 0.416 e. The smallest absolute Gasteiger partial charge is 0.308 e. The van der Waals surface area contributed by atoms with Gasteiger partial charge in [0.2, 0.25) is 0 Å². The van der Waals surface area contributed by atoms with E-state index < -0.39 is 69.9 Å². The number of amides is 2. The summed E-state index contributed by atoms with van der Waals surface area (Å²) in [5.41, 5.74) is -4.47. The Balaban J connectivity index is 1.20. The van der Waals surface area contributed by atoms with E-state index in [1.165, 1.54) is 59.2 Å². The summed E-state index contributed by atoms with van der Waals surface area (Å²) in [6.45, 7) is 0. The largest absolute Gasteiger partial charge is 0.416 e. The van der Waals surface area contributed by atoms with Crippen molar-refractivity contribution < 1.29 is 62.3 Å². The maximum atomic E-state index is 15.0. The van der Waals surface area contributed by atoms with Crippen molar-refractivity contribution in [1.82, 2.24) is 4.57 Å². The number of alkyl halides is 12. The molecular formula is C54H28F12N2O2. The normalized spacial score (nSPS) is 13.5. The Hall–Kier alpha value is -8.14. The Morgan fingerprint density at radius 1 is 0.314 bits per heavy atom. The fraction of sp³-hybridized carbons (Fsp3) is 0.0741. The van der Waals surface area contributed by atoms with Crippen LogP contribution in [0.5, 0.6) is 0 Å². The van der Waals surface area contributed by atoms with E-state index in [-0.39, 0.29) is 67.6 Å². The fourth-order valence-electron chi connectivity index (χ4n) is 8.95. The Morgan fingerprint density at radius 2 is 0.743 bits per heavy atom. The number of hydrogen-bond acceptors (Lipinski definition) is 2. The predicted octanol–water partition coefficient (Wildman–Crippen LogP) is 16.3. The van der Waals surface area contributed by atoms with Crippen LogP contribution in [0, 0.1) is 0 Å². The number of anilines is 1. The van der Waals surface area contributed by atoms with Gasteiger partial charge in [-0.2, -0.15) is 52.7 Å². The molecule has 9 aromatic rings. The number of rotatable bonds is 6. The lowest BCUT2D eigenvalue weighted by molar-refractivity contribution is -0.144. The summed E-state index contributed by atoms with van der Waals surface area (Å²) in [5, 5.41) is 0.134. The van der Waals surface area contributed by atoms with Crippen molar-refractivity contribution in [2.24, 2.45) is 0 Å². The molecule has 1 aliphatic heterocycles. The highest BCUT2D eigenvalue weighted by molar-refractivity contribution is 6.36. The van der Waals surface area contributed by atoms with Crippen molar-refractivity contribution in [3.63, 3.8) is 0 Å². The predicted molar refractivity (Wildman–Crippen MR) is 240 cm³/mol. The zero-order chi connectivity index (χ0) is 49.7. The number of carbonyl (C=O) groups is 2. The van der Waals surface area contributed by atoms with E-state index in [0.29, 0.717) is 35.4 Å². The van der Waals surface area contributed by atoms with Gasteiger partial charge in [-0.25, -0.2) is 4.90 Å². The lowest BCUT2D eigenvalue weighted by atomic mass is 9.96. The molecule has 2 heterocycles. The molecule has 4 nitrogen and oxygen atoms in total. The van der Waals surface area contributed by atoms with Crippen LogP contribution in [0.15, 0.2) is 170 Å². The van der Waals surface area contributed by atoms with E-state index >= 15 is 0 Å². The molecule has 1 aliphatic rings. The molecule has 16 heteroatoms. The number of hydrogen-bond donors (Lipinski definition) is 0. The molecule has 0 bridgehead atoms. The number of aromatic nitrogens is 1. The molecule has 1 aromatic heterocycles. The van der Waals surface area contributed by atoms with Gasteiger partial charge in [-0.15, -0.1) is 0 Å². The fourth-order valence-corrected chi connectivity index (χ4v) is 8.95. The topological polar surface area (TPSA) is 42.3 Å². The third kappa shape index (κ3) is 8.01. The molecule has 0 N–H and O–H groups in total. The summed E-state index contributed by atoms with van der Waals surface area (Å²) in [4.78, 5) is 30.6. The van der Waals surface area contributed by atoms with E-state index in [0.717, 1.165) is 16.0 Å². The molecule has 0 saturated heterocycles. The van der Waals surface area contributed by atoms with Gasteiger partial charge < -0.3 is 4.57 Å². The van der Waals surface area contributed by atoms with E-state index in [2.05, 4.69) is 0 Å². The third-order valence-electron chi connectivity index (χ3n) is 12.2. The van der Waals surface area contributed by atoms with E-state index in [1.54, 1.807) is 30.3 Å². The number of nitrogens with zero attached hydrogens (tertiary/aromatic N) is 2. The van der Waals surface area contributed by atoms with Gasteiger partial charge >= 0.3 is 24.7 Å². The van der Waals surface area contributed by atoms with Crippen molar-refractivity contribution in [2.75, 3.05) is 4.90 Å². The number of halogens is 12. The SMILES string of the molecule is O=C1c2cccc(-n3c4ccc(-c5cc(C(F)(F)F)cc(C(F)(F)F)c5)cc4c4cc(-c5cc(C(F)(F)F)cc(C(F)(F)F)c5)ccc43)c2C(=O)N1c1ccc(-c2ccccc2)cc1-c1ccccc1. The molecular weight excluding hydrogens is 937 g/mol. The van der Waals surface area contributed by atoms with Gasteiger partial charge in [0.1, 0.15) is 0 Å². The Bertz CT molecular complexity index is 3390. The van der Waals surface area contributed by atoms with Gasteiger partial charge in [0.25, 0.3) is 11.8 Å². The summed E-state index contributed by atoms with van der Waals surface area (Å²) >= 11 is 0. The minimum Gasteiger partial charge on any atom is -0.308 e. The van der Waals surface area contributed by atoms with Crippen LogP contribution >= 0.6 is 0 Å². The third-order valence-corrected chi connectivity index (χ3v) is 12.2. The molecule has 0 fully saturated rings. The van der Waals surface area contributed by atoms with Gasteiger partial charge in [-0.3, -0.25) is 9.59 Å². The second-order valence-corrected chi connectivity index (χ2v) is 16.5. The molecule has 0 saturated carbocycles. The van der Waals surface area contributed by atoms with Gasteiger partial charge in [0, 0.05) is 16.3 Å². The van der Waals surface area contributed by atoms with E-state index in [1.807, 2.05) is 48.5 Å². The summed E-state index contributed by atoms with van der Waals surface area (Å²) < 4.78 is 170. The highest BCUT2D eigenvalue weighted by atomic mass is 19.4. The number of carbonyl (C=O) groups excluding carboxylic acids is 2. The minimum absolute atomic E-state index is 0.0378. The molecule has 0 radical (unpaired) electrons. The summed E-state index contributed by atoms with van der Waals surface area (Å²) in [6.07, 6.45) is -20.8. The van der Waals surface area contributed by atoms with E-state index in [9.17, 15) is 62.3 Å². The second-order valence-electron chi connectivity index (χ2n) is 16.5. The molecule has 0 spiro atoms. The Labute approximate surface area is 388 Å². The summed E-state index contributed by atoms with van der Waals surface area (Å²) in [7, 11) is 0. The summed E-state index contributed by atoms with van der Waals surface area (Å²) in [6, 6.07) is 37.7. The van der Waals surface area contributed by atoms with Crippen molar-refractivity contribution >= 4 is 39.3 Å². The highest BCUT2D eigenvalue weighted by Crippen LogP contribution is 2.46. The molecule has 8 aromatic carbocycles. The first-order valence-corrected chi connectivity index (χ1v) is 21.0. The molecule has 70 heavy (non-hydrogen) atoms. The van der Waals surface area contributed by atoms with Crippen molar-refractivity contribution in [3.05, 3.63) is 203 Å². The van der Waals surface area contributed by atoms with Crippen LogP contribution in [0.25, 0.3) is 72.0 Å². The van der Waals surface area contributed by atoms with Gasteiger partial charge in [-0.1, -0.05) is 84.9 Å². The quantitative estimate of drug-likeness (QED) is 0.123. The Kier molecular flexibility index (Phi) is 10.6. The molecule has 0 aliphatic carbocycles. The molecule has 0 atom stereocenters. The molecule has 2 amide bonds. The first-order chi connectivity index (χ1) is 33.1. The zero-order valence-electron chi connectivity index (χ0n) is 35.4. The first-order valence-electron chi connectivity index (χ1n) is 21.0. The van der Waals surface area contributed by atoms with Crippen molar-refractivity contribution in [3.8, 4) is 50.2 Å². The second kappa shape index (κ2) is 16.2. The van der Waals surface area contributed by atoms with Gasteiger partial charge in [-0.05, 0) is 124 Å². The van der Waals surface area contributed by atoms with Crippen LogP contribution in [0.3, 0.4) is 0 Å². The van der Waals surface area contributed by atoms with Gasteiger partial charge in [0.05, 0.1) is 55.8 Å². The van der Waals surface area contributed by atoms with Crippen LogP contribution in [0.1, 0.15) is 43.0 Å². The van der Waals surface area contributed by atoms with Crippen LogP contribution in [0.2, 0.25) is 0 Å². The van der Waals surface area contributed by atoms with Gasteiger partial charge in [0.15, 0.2) is 0 Å². The zero-order valence-corrected chi connectivity index (χ0v) is 35.4. The highest BCUT2D eigenvalue weighted by Gasteiger charge is 2.42. The minimum atomic E-state index is -5.21. The Morgan fingerprint density at radius 3 is 1.20 bits per heavy atom. The van der Waals surface area contributed by atoms with E-state index in [4.69, 9.17) is 0 Å². The number of fused-ring (bicyclic) bond motifs is 4. The van der Waals surface area contributed by atoms with Crippen molar-refractivity contribution in [2.45, 2.75) is 24.7 Å². The standard InChI is InChI=1S/C54H28F12N2O2/c55-51(56,57)36-20-34(21-37(27-36)52(58,59)60)32-15-18-45-42(25-32)43-26-33(35-22-38(53(61,62)63)28-39(23-35)54(64,65)66)16-19-46(43)67(45)47-13-7-12-40-48(47)50(70)68(49(40)69)44-17-14-31(29-8-3-1-4-9-29)24-41(44)30-10-5-2-6-11-30/h1-28H. The monoisotopic (exact) mass is 964 g/mol. The summed E-state index contributed by atoms with van der Waals surface area (Å²) in [5.74, 6) is -1.47. The average molecular weight is 965 g/mol. The molecule has 0 unspecified atom stereocenters. The number of imide groups is 1. The lowest BCUT2D eigenvalue weighted by Gasteiger charge is -2.20. The average Bonchev–Trinajstić information content (AvgIpc) is 3.79. The first kappa shape index (κ1) is 45.6. The molecule has 350 valence electrons. The molecule has 10 rings (SSSR count). The maximum absolute atomic E-state index is 15.0. The van der Waals surface area contributed by atoms with Crippen LogP contribution in [0.4, 0.5) is 58.4 Å². The van der Waals surface area contributed by atoms with Crippen LogP contribution < -0.4 is 4.90 Å². The number of benzene rings is 8.